The van der Waals surface area contributed by atoms with Crippen LogP contribution in [0, 0.1) is 17.8 Å². The summed E-state index contributed by atoms with van der Waals surface area (Å²) in [7, 11) is 0. The van der Waals surface area contributed by atoms with Gasteiger partial charge in [0.05, 0.1) is 6.61 Å². The highest BCUT2D eigenvalue weighted by atomic mass is 16.7. The van der Waals surface area contributed by atoms with Crippen LogP contribution in [-0.2, 0) is 10.2 Å². The minimum absolute atomic E-state index is 0.323. The van der Waals surface area contributed by atoms with Crippen molar-refractivity contribution in [3.63, 3.8) is 0 Å². The lowest BCUT2D eigenvalue weighted by molar-refractivity contribution is -0.0739. The second-order valence-corrected chi connectivity index (χ2v) is 9.90. The standard InChI is InChI=1S/C28H34O3/c1-3-21-4-8-27(9-5-21)31-20(2)29-12-13-30-26-10-6-25(7-11-26)28-17-22-14-23(18-28)16-24(15-22)19-28/h3-11,20,22-24H,1,12-19H2,2H3. The predicted molar refractivity (Wildman–Crippen MR) is 124 cm³/mol. The normalized spacial score (nSPS) is 29.5. The van der Waals surface area contributed by atoms with Gasteiger partial charge in [-0.25, -0.2) is 0 Å². The van der Waals surface area contributed by atoms with Crippen molar-refractivity contribution >= 4 is 6.08 Å². The molecule has 2 aromatic rings. The van der Waals surface area contributed by atoms with Crippen molar-refractivity contribution < 1.29 is 14.2 Å². The van der Waals surface area contributed by atoms with Crippen LogP contribution >= 0.6 is 0 Å². The lowest BCUT2D eigenvalue weighted by Crippen LogP contribution is -2.48. The van der Waals surface area contributed by atoms with Gasteiger partial charge in [-0.15, -0.1) is 0 Å². The summed E-state index contributed by atoms with van der Waals surface area (Å²) in [6.45, 7) is 6.67. The van der Waals surface area contributed by atoms with Crippen LogP contribution in [0.2, 0.25) is 0 Å². The van der Waals surface area contributed by atoms with Crippen molar-refractivity contribution in [3.8, 4) is 11.5 Å². The maximum atomic E-state index is 5.92. The van der Waals surface area contributed by atoms with Crippen LogP contribution in [0.25, 0.3) is 6.08 Å². The van der Waals surface area contributed by atoms with Crippen LogP contribution < -0.4 is 9.47 Å². The average molecular weight is 419 g/mol. The first-order valence-corrected chi connectivity index (χ1v) is 11.9. The van der Waals surface area contributed by atoms with Gasteiger partial charge in [0.15, 0.2) is 6.29 Å². The molecule has 4 fully saturated rings. The number of ether oxygens (including phenoxy) is 3. The third-order valence-electron chi connectivity index (χ3n) is 7.63. The molecule has 6 rings (SSSR count). The van der Waals surface area contributed by atoms with Gasteiger partial charge in [0, 0.05) is 0 Å². The molecule has 0 spiro atoms. The number of benzene rings is 2. The van der Waals surface area contributed by atoms with Crippen molar-refractivity contribution in [1.29, 1.82) is 0 Å². The molecule has 2 aromatic carbocycles. The zero-order chi connectivity index (χ0) is 21.3. The Balaban J connectivity index is 1.08. The van der Waals surface area contributed by atoms with Crippen LogP contribution in [-0.4, -0.2) is 19.5 Å². The quantitative estimate of drug-likeness (QED) is 0.338. The van der Waals surface area contributed by atoms with E-state index >= 15 is 0 Å². The zero-order valence-electron chi connectivity index (χ0n) is 18.6. The summed E-state index contributed by atoms with van der Waals surface area (Å²) in [4.78, 5) is 0. The lowest BCUT2D eigenvalue weighted by atomic mass is 9.48. The molecule has 0 heterocycles. The Bertz CT molecular complexity index is 848. The van der Waals surface area contributed by atoms with Crippen LogP contribution in [0.3, 0.4) is 0 Å². The monoisotopic (exact) mass is 418 g/mol. The van der Waals surface area contributed by atoms with Crippen molar-refractivity contribution in [2.45, 2.75) is 57.2 Å². The fourth-order valence-corrected chi connectivity index (χ4v) is 6.65. The summed E-state index contributed by atoms with van der Waals surface area (Å²) < 4.78 is 17.5. The van der Waals surface area contributed by atoms with Crippen LogP contribution in [0.4, 0.5) is 0 Å². The highest BCUT2D eigenvalue weighted by molar-refractivity contribution is 5.48. The molecule has 1 atom stereocenters. The van der Waals surface area contributed by atoms with Gasteiger partial charge in [0.25, 0.3) is 0 Å². The van der Waals surface area contributed by atoms with Gasteiger partial charge in [-0.3, -0.25) is 0 Å². The van der Waals surface area contributed by atoms with E-state index in [0.717, 1.165) is 34.8 Å². The van der Waals surface area contributed by atoms with Gasteiger partial charge in [-0.05, 0) is 104 Å². The van der Waals surface area contributed by atoms with E-state index in [-0.39, 0.29) is 6.29 Å². The van der Waals surface area contributed by atoms with E-state index in [9.17, 15) is 0 Å². The number of hydrogen-bond acceptors (Lipinski definition) is 3. The van der Waals surface area contributed by atoms with Gasteiger partial charge in [-0.1, -0.05) is 36.9 Å². The fourth-order valence-electron chi connectivity index (χ4n) is 6.65. The van der Waals surface area contributed by atoms with Crippen LogP contribution in [0.15, 0.2) is 55.1 Å². The van der Waals surface area contributed by atoms with E-state index in [1.165, 1.54) is 38.5 Å². The molecule has 1 unspecified atom stereocenters. The van der Waals surface area contributed by atoms with E-state index in [1.54, 1.807) is 5.56 Å². The highest BCUT2D eigenvalue weighted by Crippen LogP contribution is 2.60. The summed E-state index contributed by atoms with van der Waals surface area (Å²) in [6, 6.07) is 16.8. The molecule has 4 aliphatic rings. The minimum Gasteiger partial charge on any atom is -0.491 e. The molecule has 4 saturated carbocycles. The van der Waals surface area contributed by atoms with Crippen molar-refractivity contribution in [1.82, 2.24) is 0 Å². The molecule has 31 heavy (non-hydrogen) atoms. The molecule has 4 aliphatic carbocycles. The first-order valence-electron chi connectivity index (χ1n) is 11.9. The summed E-state index contributed by atoms with van der Waals surface area (Å²) in [5.74, 6) is 4.64. The molecule has 0 radical (unpaired) electrons. The second kappa shape index (κ2) is 8.70. The Hall–Kier alpha value is -2.26. The number of hydrogen-bond donors (Lipinski definition) is 0. The van der Waals surface area contributed by atoms with E-state index in [4.69, 9.17) is 14.2 Å². The Morgan fingerprint density at radius 2 is 1.45 bits per heavy atom. The fraction of sp³-hybridized carbons (Fsp3) is 0.500. The average Bonchev–Trinajstić information content (AvgIpc) is 2.77. The topological polar surface area (TPSA) is 27.7 Å². The molecule has 0 N–H and O–H groups in total. The predicted octanol–water partition coefficient (Wildman–Crippen LogP) is 6.62. The molecule has 3 heteroatoms. The van der Waals surface area contributed by atoms with E-state index < -0.39 is 0 Å². The SMILES string of the molecule is C=Cc1ccc(OC(C)OCCOc2ccc(C34CC5CC(CC(C5)C3)C4)cc2)cc1. The van der Waals surface area contributed by atoms with Crippen molar-refractivity contribution in [2.75, 3.05) is 13.2 Å². The molecule has 0 saturated heterocycles. The Labute approximate surface area is 186 Å². The van der Waals surface area contributed by atoms with E-state index in [2.05, 4.69) is 30.8 Å². The maximum absolute atomic E-state index is 5.92. The third-order valence-corrected chi connectivity index (χ3v) is 7.63. The minimum atomic E-state index is -0.323. The second-order valence-electron chi connectivity index (χ2n) is 9.90. The zero-order valence-corrected chi connectivity index (χ0v) is 18.6. The first kappa shape index (κ1) is 20.6. The molecule has 164 valence electrons. The van der Waals surface area contributed by atoms with Crippen LogP contribution in [0.1, 0.15) is 56.6 Å². The lowest BCUT2D eigenvalue weighted by Gasteiger charge is -2.57. The largest absolute Gasteiger partial charge is 0.491 e. The first-order chi connectivity index (χ1) is 15.1. The van der Waals surface area contributed by atoms with Gasteiger partial charge in [-0.2, -0.15) is 0 Å². The summed E-state index contributed by atoms with van der Waals surface area (Å²) in [5.41, 5.74) is 3.07. The van der Waals surface area contributed by atoms with Crippen LogP contribution in [0.5, 0.6) is 11.5 Å². The molecular formula is C28H34O3. The Morgan fingerprint density at radius 1 is 0.871 bits per heavy atom. The van der Waals surface area contributed by atoms with E-state index in [0.29, 0.717) is 18.6 Å². The third kappa shape index (κ3) is 4.52. The number of rotatable bonds is 9. The molecule has 4 bridgehead atoms. The molecule has 0 amide bonds. The van der Waals surface area contributed by atoms with Gasteiger partial charge < -0.3 is 14.2 Å². The van der Waals surface area contributed by atoms with E-state index in [1.807, 2.05) is 37.3 Å². The smallest absolute Gasteiger partial charge is 0.197 e. The van der Waals surface area contributed by atoms with Gasteiger partial charge in [0.2, 0.25) is 0 Å². The molecular weight excluding hydrogens is 384 g/mol. The van der Waals surface area contributed by atoms with Gasteiger partial charge >= 0.3 is 0 Å². The van der Waals surface area contributed by atoms with Crippen molar-refractivity contribution in [2.24, 2.45) is 17.8 Å². The summed E-state index contributed by atoms with van der Waals surface area (Å²) >= 11 is 0. The Morgan fingerprint density at radius 3 is 2.03 bits per heavy atom. The summed E-state index contributed by atoms with van der Waals surface area (Å²) in [6.07, 6.45) is 10.2. The maximum Gasteiger partial charge on any atom is 0.197 e. The Kier molecular flexibility index (Phi) is 5.79. The van der Waals surface area contributed by atoms with Crippen molar-refractivity contribution in [3.05, 3.63) is 66.2 Å². The molecule has 3 nitrogen and oxygen atoms in total. The summed E-state index contributed by atoms with van der Waals surface area (Å²) in [5, 5.41) is 0. The molecule has 0 aliphatic heterocycles. The highest BCUT2D eigenvalue weighted by Gasteiger charge is 2.51. The van der Waals surface area contributed by atoms with Gasteiger partial charge in [0.1, 0.15) is 18.1 Å². The molecule has 0 aromatic heterocycles.